The molecule has 174 valence electrons. The zero-order valence-electron chi connectivity index (χ0n) is 19.7. The molecule has 0 fully saturated rings. The van der Waals surface area contributed by atoms with Crippen molar-refractivity contribution < 1.29 is 14.3 Å². The molecular formula is C26H36N2O3S. The summed E-state index contributed by atoms with van der Waals surface area (Å²) in [4.78, 5) is 27.9. The summed E-state index contributed by atoms with van der Waals surface area (Å²) in [7, 11) is 1.65. The highest BCUT2D eigenvalue weighted by molar-refractivity contribution is 7.99. The zero-order valence-corrected chi connectivity index (χ0v) is 20.5. The Morgan fingerprint density at radius 1 is 1.03 bits per heavy atom. The second-order valence-corrected chi connectivity index (χ2v) is 8.90. The normalized spacial score (nSPS) is 11.6. The van der Waals surface area contributed by atoms with Crippen molar-refractivity contribution in [2.24, 2.45) is 0 Å². The van der Waals surface area contributed by atoms with Crippen molar-refractivity contribution in [3.63, 3.8) is 0 Å². The number of methoxy groups -OCH3 is 1. The van der Waals surface area contributed by atoms with E-state index in [4.69, 9.17) is 4.74 Å². The molecule has 0 unspecified atom stereocenters. The van der Waals surface area contributed by atoms with E-state index in [9.17, 15) is 9.59 Å². The van der Waals surface area contributed by atoms with Crippen LogP contribution in [-0.2, 0) is 21.9 Å². The van der Waals surface area contributed by atoms with E-state index in [2.05, 4.69) is 12.2 Å². The number of aryl methyl sites for hydroxylation is 1. The SMILES string of the molecule is CCCCNC(=O)[C@H](CC)N(Cc1ccc(C)cc1)C(=O)CSCc1ccc(OC)cc1. The van der Waals surface area contributed by atoms with Crippen LogP contribution in [-0.4, -0.2) is 42.2 Å². The van der Waals surface area contributed by atoms with Gasteiger partial charge in [-0.3, -0.25) is 9.59 Å². The molecule has 2 aromatic carbocycles. The Kier molecular flexibility index (Phi) is 11.2. The largest absolute Gasteiger partial charge is 0.497 e. The van der Waals surface area contributed by atoms with Crippen LogP contribution >= 0.6 is 11.8 Å². The van der Waals surface area contributed by atoms with Gasteiger partial charge in [-0.2, -0.15) is 0 Å². The van der Waals surface area contributed by atoms with Crippen LogP contribution in [0.25, 0.3) is 0 Å². The van der Waals surface area contributed by atoms with Gasteiger partial charge in [-0.05, 0) is 43.0 Å². The topological polar surface area (TPSA) is 58.6 Å². The predicted octanol–water partition coefficient (Wildman–Crippen LogP) is 4.96. The van der Waals surface area contributed by atoms with E-state index in [1.165, 1.54) is 5.56 Å². The molecule has 0 aromatic heterocycles. The van der Waals surface area contributed by atoms with E-state index in [-0.39, 0.29) is 11.8 Å². The molecule has 6 heteroatoms. The summed E-state index contributed by atoms with van der Waals surface area (Å²) in [5.74, 6) is 1.80. The maximum absolute atomic E-state index is 13.2. The molecule has 2 rings (SSSR count). The van der Waals surface area contributed by atoms with Gasteiger partial charge < -0.3 is 15.0 Å². The minimum absolute atomic E-state index is 0.0124. The smallest absolute Gasteiger partial charge is 0.242 e. The number of carbonyl (C=O) groups excluding carboxylic acids is 2. The summed E-state index contributed by atoms with van der Waals surface area (Å²) in [6, 6.07) is 15.5. The van der Waals surface area contributed by atoms with Crippen molar-refractivity contribution in [2.75, 3.05) is 19.4 Å². The van der Waals surface area contributed by atoms with E-state index in [1.54, 1.807) is 23.8 Å². The lowest BCUT2D eigenvalue weighted by molar-refractivity contribution is -0.139. The van der Waals surface area contributed by atoms with Gasteiger partial charge in [0, 0.05) is 18.8 Å². The molecule has 0 bridgehead atoms. The molecule has 0 heterocycles. The fourth-order valence-corrected chi connectivity index (χ4v) is 4.25. The van der Waals surface area contributed by atoms with Crippen molar-refractivity contribution in [1.29, 1.82) is 0 Å². The van der Waals surface area contributed by atoms with Crippen LogP contribution in [0.15, 0.2) is 48.5 Å². The number of hydrogen-bond acceptors (Lipinski definition) is 4. The maximum atomic E-state index is 13.2. The van der Waals surface area contributed by atoms with Crippen molar-refractivity contribution >= 4 is 23.6 Å². The second kappa shape index (κ2) is 13.8. The summed E-state index contributed by atoms with van der Waals surface area (Å²) >= 11 is 1.57. The number of amides is 2. The number of unbranched alkanes of at least 4 members (excludes halogenated alkanes) is 1. The fraction of sp³-hybridized carbons (Fsp3) is 0.462. The number of carbonyl (C=O) groups is 2. The number of ether oxygens (including phenoxy) is 1. The van der Waals surface area contributed by atoms with Crippen LogP contribution in [0.2, 0.25) is 0 Å². The maximum Gasteiger partial charge on any atom is 0.242 e. The highest BCUT2D eigenvalue weighted by Crippen LogP contribution is 2.19. The molecular weight excluding hydrogens is 420 g/mol. The molecule has 0 saturated carbocycles. The van der Waals surface area contributed by atoms with Crippen LogP contribution < -0.4 is 10.1 Å². The summed E-state index contributed by atoms with van der Waals surface area (Å²) in [5.41, 5.74) is 3.34. The Labute approximate surface area is 196 Å². The molecule has 0 spiro atoms. The first-order chi connectivity index (χ1) is 15.5. The van der Waals surface area contributed by atoms with Gasteiger partial charge in [0.25, 0.3) is 0 Å². The Morgan fingerprint density at radius 3 is 2.28 bits per heavy atom. The van der Waals surface area contributed by atoms with E-state index < -0.39 is 6.04 Å². The lowest BCUT2D eigenvalue weighted by Gasteiger charge is -2.30. The zero-order chi connectivity index (χ0) is 23.3. The van der Waals surface area contributed by atoms with Gasteiger partial charge >= 0.3 is 0 Å². The molecule has 32 heavy (non-hydrogen) atoms. The molecule has 0 aliphatic heterocycles. The molecule has 5 nitrogen and oxygen atoms in total. The molecule has 0 aliphatic rings. The van der Waals surface area contributed by atoms with Gasteiger partial charge in [-0.15, -0.1) is 11.8 Å². The number of rotatable bonds is 13. The Morgan fingerprint density at radius 2 is 1.69 bits per heavy atom. The Hall–Kier alpha value is -2.47. The Bertz CT molecular complexity index is 837. The molecule has 0 radical (unpaired) electrons. The molecule has 2 amide bonds. The molecule has 2 aromatic rings. The van der Waals surface area contributed by atoms with E-state index in [0.717, 1.165) is 35.5 Å². The number of nitrogens with one attached hydrogen (secondary N) is 1. The summed E-state index contributed by atoms with van der Waals surface area (Å²) < 4.78 is 5.20. The number of hydrogen-bond donors (Lipinski definition) is 1. The first kappa shape index (κ1) is 25.8. The number of nitrogens with zero attached hydrogens (tertiary/aromatic N) is 1. The summed E-state index contributed by atoms with van der Waals surface area (Å²) in [6.07, 6.45) is 2.54. The predicted molar refractivity (Wildman–Crippen MR) is 133 cm³/mol. The Balaban J connectivity index is 2.07. The van der Waals surface area contributed by atoms with Gasteiger partial charge in [0.15, 0.2) is 0 Å². The van der Waals surface area contributed by atoms with Gasteiger partial charge in [0.1, 0.15) is 11.8 Å². The van der Waals surface area contributed by atoms with Crippen molar-refractivity contribution in [1.82, 2.24) is 10.2 Å². The van der Waals surface area contributed by atoms with Gasteiger partial charge in [-0.1, -0.05) is 62.2 Å². The van der Waals surface area contributed by atoms with E-state index in [1.807, 2.05) is 62.4 Å². The highest BCUT2D eigenvalue weighted by atomic mass is 32.2. The molecule has 0 saturated heterocycles. The number of benzene rings is 2. The van der Waals surface area contributed by atoms with E-state index >= 15 is 0 Å². The third-order valence-electron chi connectivity index (χ3n) is 5.34. The minimum atomic E-state index is -0.470. The lowest BCUT2D eigenvalue weighted by atomic mass is 10.1. The fourth-order valence-electron chi connectivity index (χ4n) is 3.38. The molecule has 1 atom stereocenters. The van der Waals surface area contributed by atoms with Crippen molar-refractivity contribution in [3.05, 3.63) is 65.2 Å². The minimum Gasteiger partial charge on any atom is -0.497 e. The average Bonchev–Trinajstić information content (AvgIpc) is 2.80. The quantitative estimate of drug-likeness (QED) is 0.433. The summed E-state index contributed by atoms with van der Waals surface area (Å²) in [5, 5.41) is 3.01. The first-order valence-corrected chi connectivity index (χ1v) is 12.5. The third kappa shape index (κ3) is 8.23. The van der Waals surface area contributed by atoms with Gasteiger partial charge in [-0.25, -0.2) is 0 Å². The standard InChI is InChI=1S/C26H36N2O3S/c1-5-7-16-27-26(30)24(6-2)28(17-21-10-8-20(3)9-11-21)25(29)19-32-18-22-12-14-23(31-4)15-13-22/h8-15,24H,5-7,16-19H2,1-4H3,(H,27,30)/t24-/m0/s1. The second-order valence-electron chi connectivity index (χ2n) is 7.92. The third-order valence-corrected chi connectivity index (χ3v) is 6.33. The molecule has 0 aliphatic carbocycles. The first-order valence-electron chi connectivity index (χ1n) is 11.3. The molecule has 1 N–H and O–H groups in total. The monoisotopic (exact) mass is 456 g/mol. The van der Waals surface area contributed by atoms with Gasteiger partial charge in [0.05, 0.1) is 12.9 Å². The van der Waals surface area contributed by atoms with Crippen LogP contribution in [0.3, 0.4) is 0 Å². The van der Waals surface area contributed by atoms with Crippen LogP contribution in [0, 0.1) is 6.92 Å². The van der Waals surface area contributed by atoms with Crippen LogP contribution in [0.5, 0.6) is 5.75 Å². The van der Waals surface area contributed by atoms with Crippen molar-refractivity contribution in [3.8, 4) is 5.75 Å². The average molecular weight is 457 g/mol. The van der Waals surface area contributed by atoms with Gasteiger partial charge in [0.2, 0.25) is 11.8 Å². The summed E-state index contributed by atoms with van der Waals surface area (Å²) in [6.45, 7) is 7.17. The lowest BCUT2D eigenvalue weighted by Crippen LogP contribution is -2.49. The number of thioether (sulfide) groups is 1. The van der Waals surface area contributed by atoms with Crippen LogP contribution in [0.4, 0.5) is 0 Å². The van der Waals surface area contributed by atoms with Crippen molar-refractivity contribution in [2.45, 2.75) is 58.4 Å². The van der Waals surface area contributed by atoms with Crippen LogP contribution in [0.1, 0.15) is 49.8 Å². The van der Waals surface area contributed by atoms with E-state index in [0.29, 0.717) is 25.3 Å². The highest BCUT2D eigenvalue weighted by Gasteiger charge is 2.28.